The van der Waals surface area contributed by atoms with Crippen LogP contribution in [-0.2, 0) is 28.6 Å². The van der Waals surface area contributed by atoms with Crippen LogP contribution in [0.5, 0.6) is 0 Å². The van der Waals surface area contributed by atoms with Gasteiger partial charge >= 0.3 is 11.9 Å². The lowest BCUT2D eigenvalue weighted by Crippen LogP contribution is -2.48. The predicted molar refractivity (Wildman–Crippen MR) is 79.4 cm³/mol. The monoisotopic (exact) mass is 322 g/mol. The first-order chi connectivity index (χ1) is 10.7. The van der Waals surface area contributed by atoms with Crippen LogP contribution in [-0.4, -0.2) is 41.6 Å². The molecule has 6 nitrogen and oxygen atoms in total. The van der Waals surface area contributed by atoms with Crippen molar-refractivity contribution < 1.29 is 28.6 Å². The minimum absolute atomic E-state index is 0.0815. The van der Waals surface area contributed by atoms with Gasteiger partial charge in [-0.1, -0.05) is 6.92 Å². The van der Waals surface area contributed by atoms with Gasteiger partial charge in [0.1, 0.15) is 17.8 Å². The number of carbonyl (C=O) groups is 3. The number of ketones is 1. The molecule has 2 heterocycles. The lowest BCUT2D eigenvalue weighted by atomic mass is 9.79. The Hall–Kier alpha value is -1.69. The van der Waals surface area contributed by atoms with Gasteiger partial charge in [-0.3, -0.25) is 9.59 Å². The molecular formula is C17H22O6. The Morgan fingerprint density at radius 2 is 1.96 bits per heavy atom. The fourth-order valence-electron chi connectivity index (χ4n) is 4.16. The Kier molecular flexibility index (Phi) is 3.83. The Labute approximate surface area is 135 Å². The molecule has 0 amide bonds. The number of esters is 2. The molecular weight excluding hydrogens is 300 g/mol. The number of ether oxygens (including phenoxy) is 3. The highest BCUT2D eigenvalue weighted by Gasteiger charge is 2.57. The van der Waals surface area contributed by atoms with Gasteiger partial charge < -0.3 is 14.2 Å². The second-order valence-electron chi connectivity index (χ2n) is 6.89. The molecule has 5 atom stereocenters. The first-order valence-electron chi connectivity index (χ1n) is 8.04. The number of hydrogen-bond donors (Lipinski definition) is 0. The molecule has 1 aliphatic carbocycles. The molecule has 0 unspecified atom stereocenters. The molecule has 23 heavy (non-hydrogen) atoms. The van der Waals surface area contributed by atoms with E-state index in [4.69, 9.17) is 14.2 Å². The van der Waals surface area contributed by atoms with Crippen LogP contribution >= 0.6 is 0 Å². The highest BCUT2D eigenvalue weighted by atomic mass is 16.6. The Balaban J connectivity index is 1.99. The zero-order chi connectivity index (χ0) is 16.9. The minimum Gasteiger partial charge on any atom is -0.459 e. The van der Waals surface area contributed by atoms with E-state index in [0.717, 1.165) is 0 Å². The van der Waals surface area contributed by atoms with Gasteiger partial charge in [-0.05, 0) is 26.2 Å². The third-order valence-electron chi connectivity index (χ3n) is 5.24. The van der Waals surface area contributed by atoms with E-state index < -0.39 is 23.8 Å². The molecule has 2 fully saturated rings. The van der Waals surface area contributed by atoms with Gasteiger partial charge in [-0.15, -0.1) is 0 Å². The van der Waals surface area contributed by atoms with E-state index in [2.05, 4.69) is 0 Å². The second-order valence-corrected chi connectivity index (χ2v) is 6.89. The van der Waals surface area contributed by atoms with Crippen LogP contribution in [0.15, 0.2) is 11.1 Å². The van der Waals surface area contributed by atoms with Crippen molar-refractivity contribution >= 4 is 17.7 Å². The van der Waals surface area contributed by atoms with Crippen molar-refractivity contribution in [1.82, 2.24) is 0 Å². The molecule has 0 aromatic heterocycles. The average molecular weight is 322 g/mol. The van der Waals surface area contributed by atoms with E-state index in [-0.39, 0.29) is 30.2 Å². The van der Waals surface area contributed by atoms with Gasteiger partial charge in [-0.2, -0.15) is 0 Å². The molecule has 6 heteroatoms. The number of carbonyl (C=O) groups excluding carboxylic acids is 3. The van der Waals surface area contributed by atoms with Gasteiger partial charge in [0.15, 0.2) is 5.78 Å². The lowest BCUT2D eigenvalue weighted by molar-refractivity contribution is -0.168. The van der Waals surface area contributed by atoms with Crippen molar-refractivity contribution in [3.63, 3.8) is 0 Å². The summed E-state index contributed by atoms with van der Waals surface area (Å²) in [6.07, 6.45) is 0.112. The van der Waals surface area contributed by atoms with Crippen molar-refractivity contribution in [1.29, 1.82) is 0 Å². The molecule has 3 aliphatic rings. The van der Waals surface area contributed by atoms with Gasteiger partial charge in [-0.25, -0.2) is 4.79 Å². The van der Waals surface area contributed by atoms with E-state index in [1.165, 1.54) is 6.92 Å². The topological polar surface area (TPSA) is 78.9 Å². The summed E-state index contributed by atoms with van der Waals surface area (Å²) in [5, 5.41) is 0. The highest BCUT2D eigenvalue weighted by molar-refractivity contribution is 6.07. The van der Waals surface area contributed by atoms with E-state index in [1.54, 1.807) is 6.92 Å². The van der Waals surface area contributed by atoms with Crippen LogP contribution < -0.4 is 0 Å². The van der Waals surface area contributed by atoms with Crippen molar-refractivity contribution in [2.45, 2.75) is 70.9 Å². The van der Waals surface area contributed by atoms with Crippen molar-refractivity contribution in [2.24, 2.45) is 5.92 Å². The van der Waals surface area contributed by atoms with Crippen LogP contribution in [0.3, 0.4) is 0 Å². The van der Waals surface area contributed by atoms with Crippen molar-refractivity contribution in [3.05, 3.63) is 11.1 Å². The largest absolute Gasteiger partial charge is 0.459 e. The van der Waals surface area contributed by atoms with Gasteiger partial charge in [0.05, 0.1) is 6.10 Å². The zero-order valence-corrected chi connectivity index (χ0v) is 13.9. The third kappa shape index (κ3) is 2.49. The third-order valence-corrected chi connectivity index (χ3v) is 5.24. The maximum atomic E-state index is 12.8. The van der Waals surface area contributed by atoms with E-state index in [9.17, 15) is 14.4 Å². The quantitative estimate of drug-likeness (QED) is 0.684. The average Bonchev–Trinajstić information content (AvgIpc) is 2.84. The molecule has 2 aliphatic heterocycles. The Morgan fingerprint density at radius 3 is 2.61 bits per heavy atom. The zero-order valence-electron chi connectivity index (χ0n) is 13.9. The second kappa shape index (κ2) is 5.44. The summed E-state index contributed by atoms with van der Waals surface area (Å²) in [4.78, 5) is 36.0. The number of fused-ring (bicyclic) bond motifs is 1. The molecule has 0 aromatic carbocycles. The summed E-state index contributed by atoms with van der Waals surface area (Å²) in [6, 6.07) is 0. The summed E-state index contributed by atoms with van der Waals surface area (Å²) >= 11 is 0. The highest BCUT2D eigenvalue weighted by Crippen LogP contribution is 2.48. The molecule has 1 saturated carbocycles. The van der Waals surface area contributed by atoms with Gasteiger partial charge in [0.25, 0.3) is 0 Å². The SMILES string of the molecule is CC(=O)O[C@H]1C[C@H](C)O[C@]12CC(=O)C1=C(C)C(=O)O[C@H]1C[C@@H]2C. The fraction of sp³-hybridized carbons (Fsp3) is 0.706. The summed E-state index contributed by atoms with van der Waals surface area (Å²) in [5.74, 6) is -1.02. The molecule has 0 radical (unpaired) electrons. The summed E-state index contributed by atoms with van der Waals surface area (Å²) in [7, 11) is 0. The van der Waals surface area contributed by atoms with Crippen molar-refractivity contribution in [3.8, 4) is 0 Å². The Bertz CT molecular complexity index is 606. The van der Waals surface area contributed by atoms with E-state index in [0.29, 0.717) is 24.0 Å². The van der Waals surface area contributed by atoms with Crippen LogP contribution in [0, 0.1) is 5.92 Å². The Morgan fingerprint density at radius 1 is 1.26 bits per heavy atom. The van der Waals surface area contributed by atoms with Crippen molar-refractivity contribution in [2.75, 3.05) is 0 Å². The first-order valence-corrected chi connectivity index (χ1v) is 8.04. The lowest BCUT2D eigenvalue weighted by Gasteiger charge is -2.37. The molecule has 1 saturated heterocycles. The normalized spacial score (nSPS) is 40.2. The standard InChI is InChI=1S/C17H22O6/c1-8-5-13-15(10(3)16(20)22-13)12(19)7-17(8)14(21-11(4)18)6-9(2)23-17/h8-9,13-14H,5-7H2,1-4H3/t8-,9-,13-,14-,17-/m0/s1. The summed E-state index contributed by atoms with van der Waals surface area (Å²) in [5.41, 5.74) is 0.00873. The van der Waals surface area contributed by atoms with Crippen LogP contribution in [0.1, 0.15) is 47.0 Å². The first kappa shape index (κ1) is 16.2. The fourth-order valence-corrected chi connectivity index (χ4v) is 4.16. The summed E-state index contributed by atoms with van der Waals surface area (Å²) < 4.78 is 17.0. The molecule has 1 spiro atoms. The summed E-state index contributed by atoms with van der Waals surface area (Å²) in [6.45, 7) is 6.87. The van der Waals surface area contributed by atoms with E-state index >= 15 is 0 Å². The molecule has 126 valence electrons. The van der Waals surface area contributed by atoms with E-state index in [1.807, 2.05) is 13.8 Å². The number of Topliss-reactive ketones (excluding diaryl/α,β-unsaturated/α-hetero) is 1. The maximum Gasteiger partial charge on any atom is 0.334 e. The van der Waals surface area contributed by atoms with Gasteiger partial charge in [0, 0.05) is 30.9 Å². The molecule has 0 bridgehead atoms. The minimum atomic E-state index is -0.841. The van der Waals surface area contributed by atoms with Crippen LogP contribution in [0.2, 0.25) is 0 Å². The van der Waals surface area contributed by atoms with Crippen LogP contribution in [0.4, 0.5) is 0 Å². The van der Waals surface area contributed by atoms with Crippen LogP contribution in [0.25, 0.3) is 0 Å². The molecule has 3 rings (SSSR count). The number of rotatable bonds is 1. The molecule has 0 N–H and O–H groups in total. The number of hydrogen-bond acceptors (Lipinski definition) is 6. The molecule has 0 aromatic rings. The maximum absolute atomic E-state index is 12.8. The predicted octanol–water partition coefficient (Wildman–Crippen LogP) is 1.71. The van der Waals surface area contributed by atoms with Gasteiger partial charge in [0.2, 0.25) is 0 Å². The smallest absolute Gasteiger partial charge is 0.334 e.